The fourth-order valence-corrected chi connectivity index (χ4v) is 3.99. The van der Waals surface area contributed by atoms with Crippen LogP contribution in [-0.4, -0.2) is 59.8 Å². The first-order valence-electron chi connectivity index (χ1n) is 11.3. The smallest absolute Gasteiger partial charge is 0.254 e. The number of hydrogen-bond acceptors (Lipinski definition) is 5. The molecular weight excluding hydrogens is 400 g/mol. The summed E-state index contributed by atoms with van der Waals surface area (Å²) in [6, 6.07) is 14.4. The summed E-state index contributed by atoms with van der Waals surface area (Å²) in [5.41, 5.74) is 6.50. The first kappa shape index (κ1) is 23.7. The molecule has 6 nitrogen and oxygen atoms in total. The Hall–Kier alpha value is -2.96. The lowest BCUT2D eigenvalue weighted by molar-refractivity contribution is -0.122. The molecule has 1 saturated heterocycles. The average Bonchev–Trinajstić information content (AvgIpc) is 2.79. The predicted molar refractivity (Wildman–Crippen MR) is 130 cm³/mol. The van der Waals surface area contributed by atoms with Crippen LogP contribution in [0.4, 0.5) is 0 Å². The van der Waals surface area contributed by atoms with Gasteiger partial charge in [-0.3, -0.25) is 14.6 Å². The van der Waals surface area contributed by atoms with Crippen LogP contribution in [0.15, 0.2) is 60.2 Å². The molecule has 0 aromatic heterocycles. The Kier molecular flexibility index (Phi) is 9.01. The quantitative estimate of drug-likeness (QED) is 0.342. The molecule has 32 heavy (non-hydrogen) atoms. The fourth-order valence-electron chi connectivity index (χ4n) is 3.99. The summed E-state index contributed by atoms with van der Waals surface area (Å²) < 4.78 is 0. The number of nitrogens with one attached hydrogen (secondary N) is 1. The Morgan fingerprint density at radius 1 is 1.12 bits per heavy atom. The standard InChI is InChI=1S/C26H34N4O2/c1-3-8-22-16-23(9-4-2)26(32)24(17-22)18-27-28-25(31)20-30-14-12-29(13-15-30)19-21-10-6-5-7-11-21/h3,5-7,10-11,16-18,32H,1,4,8-9,12-15,19-20H2,2H3,(H,28,31)/b27-18+. The van der Waals surface area contributed by atoms with E-state index in [1.807, 2.05) is 24.3 Å². The van der Waals surface area contributed by atoms with Crippen molar-refractivity contribution in [1.29, 1.82) is 0 Å². The highest BCUT2D eigenvalue weighted by Gasteiger charge is 2.19. The number of carbonyl (C=O) groups excluding carboxylic acids is 1. The molecule has 1 aliphatic rings. The number of piperazine rings is 1. The molecule has 0 bridgehead atoms. The van der Waals surface area contributed by atoms with Crippen molar-refractivity contribution in [3.8, 4) is 5.75 Å². The number of aryl methyl sites for hydroxylation is 1. The summed E-state index contributed by atoms with van der Waals surface area (Å²) in [5.74, 6) is 0.0838. The van der Waals surface area contributed by atoms with E-state index in [9.17, 15) is 9.90 Å². The normalized spacial score (nSPS) is 15.2. The highest BCUT2D eigenvalue weighted by molar-refractivity contribution is 5.86. The molecule has 0 unspecified atom stereocenters. The Morgan fingerprint density at radius 2 is 1.84 bits per heavy atom. The fraction of sp³-hybridized carbons (Fsp3) is 0.385. The van der Waals surface area contributed by atoms with Gasteiger partial charge in [0.2, 0.25) is 0 Å². The van der Waals surface area contributed by atoms with Gasteiger partial charge in [0.25, 0.3) is 5.91 Å². The largest absolute Gasteiger partial charge is 0.507 e. The van der Waals surface area contributed by atoms with Crippen LogP contribution in [0.5, 0.6) is 5.75 Å². The molecule has 1 heterocycles. The molecule has 2 aromatic carbocycles. The maximum Gasteiger partial charge on any atom is 0.254 e. The van der Waals surface area contributed by atoms with Gasteiger partial charge in [0.15, 0.2) is 0 Å². The molecule has 170 valence electrons. The van der Waals surface area contributed by atoms with E-state index in [1.165, 1.54) is 11.8 Å². The van der Waals surface area contributed by atoms with Crippen LogP contribution in [0.2, 0.25) is 0 Å². The number of rotatable bonds is 10. The van der Waals surface area contributed by atoms with Crippen molar-refractivity contribution in [2.75, 3.05) is 32.7 Å². The minimum Gasteiger partial charge on any atom is -0.507 e. The van der Waals surface area contributed by atoms with E-state index in [0.29, 0.717) is 12.1 Å². The highest BCUT2D eigenvalue weighted by Crippen LogP contribution is 2.25. The summed E-state index contributed by atoms with van der Waals surface area (Å²) >= 11 is 0. The molecule has 6 heteroatoms. The van der Waals surface area contributed by atoms with Gasteiger partial charge >= 0.3 is 0 Å². The number of amides is 1. The molecule has 0 saturated carbocycles. The van der Waals surface area contributed by atoms with E-state index in [-0.39, 0.29) is 11.7 Å². The second-order valence-corrected chi connectivity index (χ2v) is 8.27. The summed E-state index contributed by atoms with van der Waals surface area (Å²) in [6.45, 7) is 10.7. The number of aromatic hydroxyl groups is 1. The van der Waals surface area contributed by atoms with Crippen LogP contribution in [0.25, 0.3) is 0 Å². The first-order valence-corrected chi connectivity index (χ1v) is 11.3. The Bertz CT molecular complexity index is 919. The summed E-state index contributed by atoms with van der Waals surface area (Å²) in [4.78, 5) is 16.9. The van der Waals surface area contributed by atoms with Crippen molar-refractivity contribution >= 4 is 12.1 Å². The van der Waals surface area contributed by atoms with E-state index < -0.39 is 0 Å². The third-order valence-electron chi connectivity index (χ3n) is 5.65. The van der Waals surface area contributed by atoms with Crippen LogP contribution < -0.4 is 5.43 Å². The SMILES string of the molecule is C=CCc1cc(/C=N/NC(=O)CN2CCN(Cc3ccccc3)CC2)c(O)c(CCC)c1. The van der Waals surface area contributed by atoms with Crippen molar-refractivity contribution < 1.29 is 9.90 Å². The molecule has 0 atom stereocenters. The second-order valence-electron chi connectivity index (χ2n) is 8.27. The van der Waals surface area contributed by atoms with Gasteiger partial charge < -0.3 is 5.11 Å². The topological polar surface area (TPSA) is 68.2 Å². The van der Waals surface area contributed by atoms with Crippen molar-refractivity contribution in [2.24, 2.45) is 5.10 Å². The van der Waals surface area contributed by atoms with Crippen LogP contribution in [-0.2, 0) is 24.2 Å². The minimum atomic E-state index is -0.145. The molecule has 2 aromatic rings. The molecule has 1 amide bonds. The molecular formula is C26H34N4O2. The van der Waals surface area contributed by atoms with Gasteiger partial charge in [-0.05, 0) is 35.6 Å². The summed E-state index contributed by atoms with van der Waals surface area (Å²) in [7, 11) is 0. The lowest BCUT2D eigenvalue weighted by atomic mass is 9.99. The van der Waals surface area contributed by atoms with E-state index in [2.05, 4.69) is 58.1 Å². The van der Waals surface area contributed by atoms with Gasteiger partial charge in [-0.2, -0.15) is 5.10 Å². The second kappa shape index (κ2) is 12.2. The Balaban J connectivity index is 1.48. The zero-order valence-corrected chi connectivity index (χ0v) is 19.0. The molecule has 1 aliphatic heterocycles. The predicted octanol–water partition coefficient (Wildman–Crippen LogP) is 3.34. The molecule has 0 spiro atoms. The van der Waals surface area contributed by atoms with Gasteiger partial charge in [0, 0.05) is 38.3 Å². The lowest BCUT2D eigenvalue weighted by Crippen LogP contribution is -2.48. The average molecular weight is 435 g/mol. The van der Waals surface area contributed by atoms with E-state index in [4.69, 9.17) is 0 Å². The van der Waals surface area contributed by atoms with Crippen LogP contribution in [0.1, 0.15) is 35.6 Å². The number of benzene rings is 2. The van der Waals surface area contributed by atoms with Gasteiger partial charge in [0.1, 0.15) is 5.75 Å². The van der Waals surface area contributed by atoms with E-state index >= 15 is 0 Å². The third kappa shape index (κ3) is 7.04. The van der Waals surface area contributed by atoms with Crippen molar-refractivity contribution in [1.82, 2.24) is 15.2 Å². The van der Waals surface area contributed by atoms with Crippen LogP contribution in [0.3, 0.4) is 0 Å². The monoisotopic (exact) mass is 434 g/mol. The zero-order valence-electron chi connectivity index (χ0n) is 19.0. The first-order chi connectivity index (χ1) is 15.6. The minimum absolute atomic E-state index is 0.145. The third-order valence-corrected chi connectivity index (χ3v) is 5.65. The number of hydrazone groups is 1. The molecule has 3 rings (SSSR count). The number of hydrogen-bond donors (Lipinski definition) is 2. The number of allylic oxidation sites excluding steroid dienone is 1. The van der Waals surface area contributed by atoms with Crippen molar-refractivity contribution in [3.05, 3.63) is 77.4 Å². The Labute approximate surface area is 191 Å². The maximum absolute atomic E-state index is 12.3. The van der Waals surface area contributed by atoms with E-state index in [1.54, 1.807) is 0 Å². The molecule has 1 fully saturated rings. The molecule has 2 N–H and O–H groups in total. The maximum atomic E-state index is 12.3. The summed E-state index contributed by atoms with van der Waals surface area (Å²) in [5, 5.41) is 14.6. The number of nitrogens with zero attached hydrogens (tertiary/aromatic N) is 3. The molecule has 0 aliphatic carbocycles. The number of carbonyl (C=O) groups is 1. The number of phenols is 1. The van der Waals surface area contributed by atoms with Gasteiger partial charge in [0.05, 0.1) is 12.8 Å². The van der Waals surface area contributed by atoms with Crippen LogP contribution in [0, 0.1) is 0 Å². The zero-order chi connectivity index (χ0) is 22.8. The lowest BCUT2D eigenvalue weighted by Gasteiger charge is -2.34. The summed E-state index contributed by atoms with van der Waals surface area (Å²) in [6.07, 6.45) is 5.82. The van der Waals surface area contributed by atoms with Gasteiger partial charge in [-0.15, -0.1) is 6.58 Å². The van der Waals surface area contributed by atoms with Crippen molar-refractivity contribution in [2.45, 2.75) is 32.7 Å². The van der Waals surface area contributed by atoms with Crippen molar-refractivity contribution in [3.63, 3.8) is 0 Å². The van der Waals surface area contributed by atoms with Crippen LogP contribution >= 0.6 is 0 Å². The Morgan fingerprint density at radius 3 is 2.53 bits per heavy atom. The van der Waals surface area contributed by atoms with E-state index in [0.717, 1.165) is 63.1 Å². The number of phenolic OH excluding ortho intramolecular Hbond substituents is 1. The molecule has 0 radical (unpaired) electrons. The highest BCUT2D eigenvalue weighted by atomic mass is 16.3. The van der Waals surface area contributed by atoms with Gasteiger partial charge in [-0.25, -0.2) is 5.43 Å². The van der Waals surface area contributed by atoms with Gasteiger partial charge in [-0.1, -0.05) is 55.8 Å².